The quantitative estimate of drug-likeness (QED) is 0.902. The molecular formula is C14H18F3NO2. The minimum atomic E-state index is -4.42. The number of ether oxygens (including phenoxy) is 1. The number of hydrogen-bond acceptors (Lipinski definition) is 2. The maximum absolute atomic E-state index is 12.5. The van der Waals surface area contributed by atoms with Crippen molar-refractivity contribution >= 4 is 5.91 Å². The van der Waals surface area contributed by atoms with Crippen LogP contribution < -0.4 is 10.1 Å². The van der Waals surface area contributed by atoms with Gasteiger partial charge in [0.2, 0.25) is 0 Å². The first-order valence-corrected chi connectivity index (χ1v) is 6.25. The molecule has 1 aromatic carbocycles. The van der Waals surface area contributed by atoms with Gasteiger partial charge in [-0.3, -0.25) is 4.79 Å². The maximum atomic E-state index is 12.5. The molecule has 0 radical (unpaired) electrons. The molecule has 0 bridgehead atoms. The molecular weight excluding hydrogens is 271 g/mol. The summed E-state index contributed by atoms with van der Waals surface area (Å²) in [4.78, 5) is 11.6. The summed E-state index contributed by atoms with van der Waals surface area (Å²) in [5, 5.41) is 2.73. The van der Waals surface area contributed by atoms with Crippen LogP contribution in [0.2, 0.25) is 0 Å². The van der Waals surface area contributed by atoms with Crippen molar-refractivity contribution in [3.05, 3.63) is 29.8 Å². The smallest absolute Gasteiger partial charge is 0.416 e. The first-order chi connectivity index (χ1) is 9.14. The number of amides is 1. The van der Waals surface area contributed by atoms with E-state index in [0.29, 0.717) is 0 Å². The first kappa shape index (κ1) is 16.3. The summed E-state index contributed by atoms with van der Waals surface area (Å²) in [5.74, 6) is -0.349. The number of carbonyl (C=O) groups excluding carboxylic acids is 1. The molecule has 0 saturated carbocycles. The fourth-order valence-corrected chi connectivity index (χ4v) is 1.41. The lowest BCUT2D eigenvalue weighted by Crippen LogP contribution is -2.44. The Morgan fingerprint density at radius 1 is 1.30 bits per heavy atom. The van der Waals surface area contributed by atoms with Gasteiger partial charge in [-0.05, 0) is 38.5 Å². The van der Waals surface area contributed by atoms with Gasteiger partial charge in [-0.2, -0.15) is 13.2 Å². The van der Waals surface area contributed by atoms with Crippen molar-refractivity contribution in [3.63, 3.8) is 0 Å². The van der Waals surface area contributed by atoms with E-state index in [1.54, 1.807) is 0 Å². The van der Waals surface area contributed by atoms with Crippen LogP contribution in [0.25, 0.3) is 0 Å². The van der Waals surface area contributed by atoms with Crippen LogP contribution in [0.3, 0.4) is 0 Å². The number of benzene rings is 1. The fourth-order valence-electron chi connectivity index (χ4n) is 1.41. The van der Waals surface area contributed by atoms with Gasteiger partial charge >= 0.3 is 6.18 Å². The lowest BCUT2D eigenvalue weighted by atomic mass is 10.0. The van der Waals surface area contributed by atoms with E-state index in [-0.39, 0.29) is 23.8 Å². The summed E-state index contributed by atoms with van der Waals surface area (Å²) in [7, 11) is 0. The van der Waals surface area contributed by atoms with E-state index in [1.165, 1.54) is 12.1 Å². The molecule has 0 aromatic heterocycles. The topological polar surface area (TPSA) is 38.3 Å². The summed E-state index contributed by atoms with van der Waals surface area (Å²) in [6.07, 6.45) is -3.69. The van der Waals surface area contributed by atoms with E-state index in [2.05, 4.69) is 5.32 Å². The minimum Gasteiger partial charge on any atom is -0.484 e. The average molecular weight is 289 g/mol. The normalized spacial score (nSPS) is 12.1. The summed E-state index contributed by atoms with van der Waals surface area (Å²) in [5.41, 5.74) is -1.17. The van der Waals surface area contributed by atoms with Gasteiger partial charge in [0, 0.05) is 5.54 Å². The molecule has 0 aliphatic heterocycles. The van der Waals surface area contributed by atoms with Crippen LogP contribution in [0.5, 0.6) is 5.75 Å². The van der Waals surface area contributed by atoms with Crippen LogP contribution in [0.15, 0.2) is 24.3 Å². The van der Waals surface area contributed by atoms with Crippen molar-refractivity contribution < 1.29 is 22.7 Å². The predicted molar refractivity (Wildman–Crippen MR) is 69.5 cm³/mol. The fraction of sp³-hybridized carbons (Fsp3) is 0.500. The van der Waals surface area contributed by atoms with Gasteiger partial charge in [0.25, 0.3) is 5.91 Å². The molecule has 0 aliphatic rings. The Hall–Kier alpha value is -1.72. The lowest BCUT2D eigenvalue weighted by Gasteiger charge is -2.24. The lowest BCUT2D eigenvalue weighted by molar-refractivity contribution is -0.137. The van der Waals surface area contributed by atoms with Crippen LogP contribution in [-0.2, 0) is 11.0 Å². The Bertz CT molecular complexity index is 470. The molecule has 3 nitrogen and oxygen atoms in total. The highest BCUT2D eigenvalue weighted by Gasteiger charge is 2.30. The molecule has 0 aliphatic carbocycles. The van der Waals surface area contributed by atoms with Crippen molar-refractivity contribution in [1.82, 2.24) is 5.32 Å². The Labute approximate surface area is 116 Å². The zero-order valence-electron chi connectivity index (χ0n) is 11.7. The molecule has 6 heteroatoms. The van der Waals surface area contributed by atoms with Gasteiger partial charge in [-0.1, -0.05) is 13.0 Å². The molecule has 0 fully saturated rings. The van der Waals surface area contributed by atoms with E-state index in [0.717, 1.165) is 18.6 Å². The van der Waals surface area contributed by atoms with Gasteiger partial charge in [0.05, 0.1) is 5.56 Å². The van der Waals surface area contributed by atoms with Crippen molar-refractivity contribution in [1.29, 1.82) is 0 Å². The molecule has 1 N–H and O–H groups in total. The van der Waals surface area contributed by atoms with Gasteiger partial charge in [-0.25, -0.2) is 0 Å². The second-order valence-electron chi connectivity index (χ2n) is 5.10. The van der Waals surface area contributed by atoms with Crippen LogP contribution >= 0.6 is 0 Å². The SMILES string of the molecule is CCC(C)(C)NC(=O)COc1cccc(C(F)(F)F)c1. The highest BCUT2D eigenvalue weighted by atomic mass is 19.4. The molecule has 0 unspecified atom stereocenters. The Kier molecular flexibility index (Phi) is 5.03. The van der Waals surface area contributed by atoms with Crippen LogP contribution in [-0.4, -0.2) is 18.1 Å². The van der Waals surface area contributed by atoms with E-state index in [4.69, 9.17) is 4.74 Å². The van der Waals surface area contributed by atoms with Crippen molar-refractivity contribution in [2.45, 2.75) is 38.9 Å². The van der Waals surface area contributed by atoms with Gasteiger partial charge < -0.3 is 10.1 Å². The van der Waals surface area contributed by atoms with Crippen LogP contribution in [0.1, 0.15) is 32.8 Å². The predicted octanol–water partition coefficient (Wildman–Crippen LogP) is 3.39. The summed E-state index contributed by atoms with van der Waals surface area (Å²) < 4.78 is 42.6. The first-order valence-electron chi connectivity index (χ1n) is 6.25. The highest BCUT2D eigenvalue weighted by molar-refractivity contribution is 5.78. The molecule has 112 valence electrons. The van der Waals surface area contributed by atoms with E-state index >= 15 is 0 Å². The number of carbonyl (C=O) groups is 1. The Balaban J connectivity index is 2.60. The third-order valence-electron chi connectivity index (χ3n) is 2.89. The second kappa shape index (κ2) is 6.15. The van der Waals surface area contributed by atoms with E-state index in [1.807, 2.05) is 20.8 Å². The zero-order valence-corrected chi connectivity index (χ0v) is 11.7. The molecule has 0 atom stereocenters. The molecule has 1 rings (SSSR count). The second-order valence-corrected chi connectivity index (χ2v) is 5.10. The largest absolute Gasteiger partial charge is 0.484 e. The number of nitrogens with one attached hydrogen (secondary N) is 1. The Morgan fingerprint density at radius 2 is 1.95 bits per heavy atom. The third kappa shape index (κ3) is 5.11. The molecule has 20 heavy (non-hydrogen) atoms. The molecule has 0 heterocycles. The highest BCUT2D eigenvalue weighted by Crippen LogP contribution is 2.31. The standard InChI is InChI=1S/C14H18F3NO2/c1-4-13(2,3)18-12(19)9-20-11-7-5-6-10(8-11)14(15,16)17/h5-8H,4,9H2,1-3H3,(H,18,19). The summed E-state index contributed by atoms with van der Waals surface area (Å²) in [6.45, 7) is 5.32. The molecule has 0 saturated heterocycles. The third-order valence-corrected chi connectivity index (χ3v) is 2.89. The molecule has 1 aromatic rings. The zero-order chi connectivity index (χ0) is 15.4. The van der Waals surface area contributed by atoms with Gasteiger partial charge in [0.1, 0.15) is 5.75 Å². The molecule has 1 amide bonds. The summed E-state index contributed by atoms with van der Waals surface area (Å²) in [6, 6.07) is 4.45. The van der Waals surface area contributed by atoms with Crippen molar-refractivity contribution in [2.75, 3.05) is 6.61 Å². The van der Waals surface area contributed by atoms with Crippen molar-refractivity contribution in [3.8, 4) is 5.75 Å². The minimum absolute atomic E-state index is 0.0179. The number of alkyl halides is 3. The average Bonchev–Trinajstić information content (AvgIpc) is 2.35. The maximum Gasteiger partial charge on any atom is 0.416 e. The monoisotopic (exact) mass is 289 g/mol. The Morgan fingerprint density at radius 3 is 2.50 bits per heavy atom. The van der Waals surface area contributed by atoms with Gasteiger partial charge in [0.15, 0.2) is 6.61 Å². The molecule has 0 spiro atoms. The van der Waals surface area contributed by atoms with Gasteiger partial charge in [-0.15, -0.1) is 0 Å². The van der Waals surface area contributed by atoms with Crippen LogP contribution in [0.4, 0.5) is 13.2 Å². The van der Waals surface area contributed by atoms with Crippen molar-refractivity contribution in [2.24, 2.45) is 0 Å². The number of rotatable bonds is 5. The summed E-state index contributed by atoms with van der Waals surface area (Å²) >= 11 is 0. The van der Waals surface area contributed by atoms with Crippen LogP contribution in [0, 0.1) is 0 Å². The van der Waals surface area contributed by atoms with E-state index in [9.17, 15) is 18.0 Å². The van der Waals surface area contributed by atoms with E-state index < -0.39 is 11.7 Å². The number of halogens is 3. The number of hydrogen-bond donors (Lipinski definition) is 1.